The van der Waals surface area contributed by atoms with Crippen molar-refractivity contribution in [1.29, 1.82) is 0 Å². The first-order valence-electron chi connectivity index (χ1n) is 10.3. The number of anilines is 1. The molecule has 1 aromatic carbocycles. The van der Waals surface area contributed by atoms with Crippen molar-refractivity contribution in [2.75, 3.05) is 31.1 Å². The molecule has 0 saturated carbocycles. The molecule has 1 aliphatic rings. The van der Waals surface area contributed by atoms with Crippen LogP contribution in [0.4, 0.5) is 5.69 Å². The lowest BCUT2D eigenvalue weighted by Crippen LogP contribution is -2.49. The lowest BCUT2D eigenvalue weighted by Gasteiger charge is -2.38. The molecule has 2 heterocycles. The molecule has 1 aliphatic heterocycles. The second-order valence-corrected chi connectivity index (χ2v) is 8.43. The van der Waals surface area contributed by atoms with Crippen LogP contribution in [-0.4, -0.2) is 52.7 Å². The van der Waals surface area contributed by atoms with Crippen LogP contribution in [0.2, 0.25) is 0 Å². The van der Waals surface area contributed by atoms with Gasteiger partial charge < -0.3 is 9.80 Å². The molecule has 1 aromatic heterocycles. The molecule has 1 saturated heterocycles. The van der Waals surface area contributed by atoms with Gasteiger partial charge in [0.15, 0.2) is 5.69 Å². The molecule has 30 heavy (non-hydrogen) atoms. The Labute approximate surface area is 177 Å². The van der Waals surface area contributed by atoms with Crippen LogP contribution >= 0.6 is 0 Å². The summed E-state index contributed by atoms with van der Waals surface area (Å²) >= 11 is 0. The van der Waals surface area contributed by atoms with Crippen LogP contribution in [0.15, 0.2) is 30.3 Å². The Kier molecular flexibility index (Phi) is 6.34. The van der Waals surface area contributed by atoms with Crippen molar-refractivity contribution in [2.45, 2.75) is 39.5 Å². The summed E-state index contributed by atoms with van der Waals surface area (Å²) in [6, 6.07) is 9.95. The van der Waals surface area contributed by atoms with Gasteiger partial charge in [-0.1, -0.05) is 45.9 Å². The van der Waals surface area contributed by atoms with Crippen molar-refractivity contribution in [3.63, 3.8) is 0 Å². The average Bonchev–Trinajstić information content (AvgIpc) is 3.11. The van der Waals surface area contributed by atoms with E-state index in [0.29, 0.717) is 13.1 Å². The van der Waals surface area contributed by atoms with E-state index in [2.05, 4.69) is 59.9 Å². The van der Waals surface area contributed by atoms with E-state index in [1.807, 2.05) is 0 Å². The molecule has 2 aromatic rings. The van der Waals surface area contributed by atoms with Crippen LogP contribution in [0.25, 0.3) is 0 Å². The Hall–Kier alpha value is -3.03. The summed E-state index contributed by atoms with van der Waals surface area (Å²) in [5.41, 5.74) is 2.85. The number of nitrogens with zero attached hydrogens (tertiary/aromatic N) is 4. The van der Waals surface area contributed by atoms with Crippen molar-refractivity contribution in [3.8, 4) is 5.88 Å². The molecule has 162 valence electrons. The Morgan fingerprint density at radius 3 is 2.40 bits per heavy atom. The summed E-state index contributed by atoms with van der Waals surface area (Å²) < 4.78 is 1.38. The zero-order valence-corrected chi connectivity index (χ0v) is 18.3. The molecule has 0 aliphatic carbocycles. The Bertz CT molecular complexity index is 908. The normalized spacial score (nSPS) is 14.6. The monoisotopic (exact) mass is 414 g/mol. The summed E-state index contributed by atoms with van der Waals surface area (Å²) in [6.07, 6.45) is 0.201. The van der Waals surface area contributed by atoms with E-state index in [0.717, 1.165) is 13.1 Å². The van der Waals surface area contributed by atoms with Gasteiger partial charge >= 0.3 is 5.97 Å². The molecule has 1 amide bonds. The molecule has 0 bridgehead atoms. The first-order chi connectivity index (χ1) is 14.2. The molecular formula is C22H30N4O4. The minimum atomic E-state index is -0.490. The van der Waals surface area contributed by atoms with Gasteiger partial charge in [0.2, 0.25) is 0 Å². The SMILES string of the molecule is CCC(=O)OOc1cc(C(=O)N2CCN(c3ccccc3C(C)(C)C)CC2)nn1C. The number of piperazine rings is 1. The third-order valence-electron chi connectivity index (χ3n) is 5.18. The van der Waals surface area contributed by atoms with Crippen molar-refractivity contribution in [3.05, 3.63) is 41.6 Å². The van der Waals surface area contributed by atoms with E-state index in [1.165, 1.54) is 22.0 Å². The highest BCUT2D eigenvalue weighted by molar-refractivity contribution is 5.92. The average molecular weight is 415 g/mol. The first kappa shape index (κ1) is 21.7. The summed E-state index contributed by atoms with van der Waals surface area (Å²) in [5, 5.41) is 4.21. The van der Waals surface area contributed by atoms with E-state index in [4.69, 9.17) is 4.89 Å². The zero-order valence-electron chi connectivity index (χ0n) is 18.3. The van der Waals surface area contributed by atoms with E-state index in [-0.39, 0.29) is 29.3 Å². The number of aromatic nitrogens is 2. The zero-order chi connectivity index (χ0) is 21.9. The largest absolute Gasteiger partial charge is 0.368 e. The van der Waals surface area contributed by atoms with Crippen LogP contribution in [0.1, 0.15) is 50.2 Å². The molecule has 0 N–H and O–H groups in total. The van der Waals surface area contributed by atoms with Gasteiger partial charge in [-0.15, -0.1) is 0 Å². The first-order valence-corrected chi connectivity index (χ1v) is 10.3. The number of carbonyl (C=O) groups excluding carboxylic acids is 2. The van der Waals surface area contributed by atoms with Crippen LogP contribution in [0, 0.1) is 0 Å². The fourth-order valence-corrected chi connectivity index (χ4v) is 3.48. The summed E-state index contributed by atoms with van der Waals surface area (Å²) in [5.74, 6) is -0.445. The fraction of sp³-hybridized carbons (Fsp3) is 0.500. The van der Waals surface area contributed by atoms with Gasteiger partial charge in [0, 0.05) is 51.4 Å². The van der Waals surface area contributed by atoms with Gasteiger partial charge in [-0.2, -0.15) is 5.10 Å². The van der Waals surface area contributed by atoms with Crippen LogP contribution in [0.3, 0.4) is 0 Å². The van der Waals surface area contributed by atoms with E-state index in [9.17, 15) is 9.59 Å². The highest BCUT2D eigenvalue weighted by Gasteiger charge is 2.27. The topological polar surface area (TPSA) is 76.9 Å². The number of rotatable bonds is 5. The highest BCUT2D eigenvalue weighted by atomic mass is 17.2. The lowest BCUT2D eigenvalue weighted by molar-refractivity contribution is -0.216. The number of amides is 1. The van der Waals surface area contributed by atoms with Crippen molar-refractivity contribution in [2.24, 2.45) is 7.05 Å². The smallest absolute Gasteiger partial charge is 0.355 e. The van der Waals surface area contributed by atoms with Gasteiger partial charge in [0.05, 0.1) is 0 Å². The number of aryl methyl sites for hydroxylation is 1. The van der Waals surface area contributed by atoms with Crippen molar-refractivity contribution >= 4 is 17.6 Å². The molecule has 0 atom stereocenters. The second kappa shape index (κ2) is 8.77. The van der Waals surface area contributed by atoms with E-state index < -0.39 is 5.97 Å². The fourth-order valence-electron chi connectivity index (χ4n) is 3.48. The number of para-hydroxylation sites is 1. The molecule has 0 unspecified atom stereocenters. The van der Waals surface area contributed by atoms with Gasteiger partial charge in [0.25, 0.3) is 11.8 Å². The minimum Gasteiger partial charge on any atom is -0.368 e. The number of carbonyl (C=O) groups is 2. The summed E-state index contributed by atoms with van der Waals surface area (Å²) in [6.45, 7) is 11.0. The molecule has 0 radical (unpaired) electrons. The molecule has 0 spiro atoms. The molecule has 8 nitrogen and oxygen atoms in total. The number of hydrogen-bond donors (Lipinski definition) is 0. The third-order valence-corrected chi connectivity index (χ3v) is 5.18. The third kappa shape index (κ3) is 4.75. The highest BCUT2D eigenvalue weighted by Crippen LogP contribution is 2.32. The van der Waals surface area contributed by atoms with Crippen LogP contribution in [-0.2, 0) is 22.1 Å². The quantitative estimate of drug-likeness (QED) is 0.553. The molecule has 1 fully saturated rings. The Balaban J connectivity index is 1.65. The second-order valence-electron chi connectivity index (χ2n) is 8.43. The maximum absolute atomic E-state index is 12.9. The minimum absolute atomic E-state index is 0.0507. The van der Waals surface area contributed by atoms with Crippen molar-refractivity contribution in [1.82, 2.24) is 14.7 Å². The lowest BCUT2D eigenvalue weighted by atomic mass is 9.85. The Morgan fingerprint density at radius 2 is 1.77 bits per heavy atom. The maximum Gasteiger partial charge on any atom is 0.355 e. The Morgan fingerprint density at radius 1 is 1.10 bits per heavy atom. The van der Waals surface area contributed by atoms with Gasteiger partial charge in [-0.25, -0.2) is 14.4 Å². The van der Waals surface area contributed by atoms with Gasteiger partial charge in [-0.3, -0.25) is 9.68 Å². The summed E-state index contributed by atoms with van der Waals surface area (Å²) in [7, 11) is 1.63. The number of hydrogen-bond acceptors (Lipinski definition) is 6. The molecule has 3 rings (SSSR count). The van der Waals surface area contributed by atoms with E-state index in [1.54, 1.807) is 18.9 Å². The standard InChI is InChI=1S/C22H30N4O4/c1-6-20(27)30-29-19-15-17(23-24(19)5)21(28)26-13-11-25(12-14-26)18-10-8-7-9-16(18)22(2,3)4/h7-10,15H,6,11-14H2,1-5H3. The van der Waals surface area contributed by atoms with Crippen LogP contribution < -0.4 is 9.79 Å². The molecular weight excluding hydrogens is 384 g/mol. The van der Waals surface area contributed by atoms with Gasteiger partial charge in [0.1, 0.15) is 0 Å². The predicted octanol–water partition coefficient (Wildman–Crippen LogP) is 2.93. The van der Waals surface area contributed by atoms with Gasteiger partial charge in [-0.05, 0) is 17.0 Å². The number of benzene rings is 1. The molecule has 8 heteroatoms. The van der Waals surface area contributed by atoms with Crippen LogP contribution in [0.5, 0.6) is 5.88 Å². The van der Waals surface area contributed by atoms with E-state index >= 15 is 0 Å². The maximum atomic E-state index is 12.9. The van der Waals surface area contributed by atoms with Crippen molar-refractivity contribution < 1.29 is 19.4 Å². The predicted molar refractivity (Wildman–Crippen MR) is 113 cm³/mol. The summed E-state index contributed by atoms with van der Waals surface area (Å²) in [4.78, 5) is 38.0.